The number of hydrogen-bond donors (Lipinski definition) is 2. The van der Waals surface area contributed by atoms with E-state index in [1.807, 2.05) is 19.1 Å². The van der Waals surface area contributed by atoms with Crippen LogP contribution in [-0.2, 0) is 6.54 Å². The lowest BCUT2D eigenvalue weighted by atomic mass is 10.2. The molecule has 2 rings (SSSR count). The molecule has 0 aliphatic rings. The fourth-order valence-corrected chi connectivity index (χ4v) is 2.10. The average molecular weight is 344 g/mol. The van der Waals surface area contributed by atoms with Crippen LogP contribution >= 0.6 is 0 Å². The number of halogens is 1. The SMILES string of the molecule is CCNC(=NCc1cccnc1Oc1cccc(F)c1)NC(C)CC. The van der Waals surface area contributed by atoms with Crippen LogP contribution in [0.15, 0.2) is 47.6 Å². The van der Waals surface area contributed by atoms with Crippen molar-refractivity contribution in [2.45, 2.75) is 39.8 Å². The standard InChI is InChI=1S/C19H25FN4O/c1-4-14(3)24-19(21-5-2)23-13-15-8-7-11-22-18(15)25-17-10-6-9-16(20)12-17/h6-12,14H,4-5,13H2,1-3H3,(H2,21,23,24). The van der Waals surface area contributed by atoms with Gasteiger partial charge in [-0.1, -0.05) is 19.1 Å². The first-order valence-electron chi connectivity index (χ1n) is 8.54. The minimum Gasteiger partial charge on any atom is -0.439 e. The largest absolute Gasteiger partial charge is 0.439 e. The third-order valence-electron chi connectivity index (χ3n) is 3.61. The Balaban J connectivity index is 2.14. The molecule has 2 aromatic rings. The Morgan fingerprint density at radius 3 is 2.84 bits per heavy atom. The van der Waals surface area contributed by atoms with Crippen molar-refractivity contribution in [3.63, 3.8) is 0 Å². The molecule has 0 amide bonds. The van der Waals surface area contributed by atoms with Gasteiger partial charge in [0.25, 0.3) is 0 Å². The minimum atomic E-state index is -0.347. The Morgan fingerprint density at radius 2 is 2.12 bits per heavy atom. The highest BCUT2D eigenvalue weighted by atomic mass is 19.1. The van der Waals surface area contributed by atoms with Crippen molar-refractivity contribution in [1.29, 1.82) is 0 Å². The summed E-state index contributed by atoms with van der Waals surface area (Å²) in [6.45, 7) is 7.44. The number of pyridine rings is 1. The zero-order valence-electron chi connectivity index (χ0n) is 14.9. The first-order chi connectivity index (χ1) is 12.1. The van der Waals surface area contributed by atoms with E-state index in [4.69, 9.17) is 4.74 Å². The molecule has 0 aliphatic carbocycles. The number of nitrogens with zero attached hydrogens (tertiary/aromatic N) is 2. The molecule has 2 N–H and O–H groups in total. The second-order valence-corrected chi connectivity index (χ2v) is 5.68. The van der Waals surface area contributed by atoms with Gasteiger partial charge in [0, 0.05) is 30.4 Å². The van der Waals surface area contributed by atoms with Crippen LogP contribution in [0, 0.1) is 5.82 Å². The zero-order valence-corrected chi connectivity index (χ0v) is 14.9. The topological polar surface area (TPSA) is 58.5 Å². The van der Waals surface area contributed by atoms with E-state index in [0.29, 0.717) is 24.2 Å². The summed E-state index contributed by atoms with van der Waals surface area (Å²) in [7, 11) is 0. The molecule has 0 fully saturated rings. The molecule has 1 aromatic heterocycles. The number of hydrogen-bond acceptors (Lipinski definition) is 3. The van der Waals surface area contributed by atoms with Gasteiger partial charge in [0.2, 0.25) is 5.88 Å². The second kappa shape index (κ2) is 9.61. The molecule has 0 saturated carbocycles. The van der Waals surface area contributed by atoms with Gasteiger partial charge in [-0.3, -0.25) is 0 Å². The summed E-state index contributed by atoms with van der Waals surface area (Å²) < 4.78 is 19.0. The van der Waals surface area contributed by atoms with Crippen LogP contribution in [0.3, 0.4) is 0 Å². The second-order valence-electron chi connectivity index (χ2n) is 5.68. The summed E-state index contributed by atoms with van der Waals surface area (Å²) in [6.07, 6.45) is 2.65. The average Bonchev–Trinajstić information content (AvgIpc) is 2.61. The van der Waals surface area contributed by atoms with Crippen LogP contribution in [-0.4, -0.2) is 23.5 Å². The first kappa shape index (κ1) is 18.7. The zero-order chi connectivity index (χ0) is 18.1. The molecular formula is C19H25FN4O. The van der Waals surface area contributed by atoms with Gasteiger partial charge in [-0.2, -0.15) is 0 Å². The molecule has 1 unspecified atom stereocenters. The van der Waals surface area contributed by atoms with Crippen molar-refractivity contribution in [1.82, 2.24) is 15.6 Å². The fourth-order valence-electron chi connectivity index (χ4n) is 2.10. The van der Waals surface area contributed by atoms with Crippen molar-refractivity contribution in [3.8, 4) is 11.6 Å². The highest BCUT2D eigenvalue weighted by Crippen LogP contribution is 2.23. The Morgan fingerprint density at radius 1 is 1.28 bits per heavy atom. The number of aromatic nitrogens is 1. The van der Waals surface area contributed by atoms with E-state index in [9.17, 15) is 4.39 Å². The van der Waals surface area contributed by atoms with Gasteiger partial charge in [0.15, 0.2) is 5.96 Å². The summed E-state index contributed by atoms with van der Waals surface area (Å²) in [5.41, 5.74) is 0.827. The van der Waals surface area contributed by atoms with Crippen LogP contribution in [0.1, 0.15) is 32.8 Å². The first-order valence-corrected chi connectivity index (χ1v) is 8.54. The quantitative estimate of drug-likeness (QED) is 0.591. The van der Waals surface area contributed by atoms with E-state index in [0.717, 1.165) is 24.5 Å². The number of nitrogens with one attached hydrogen (secondary N) is 2. The van der Waals surface area contributed by atoms with Crippen LogP contribution in [0.25, 0.3) is 0 Å². The fraction of sp³-hybridized carbons (Fsp3) is 0.368. The highest BCUT2D eigenvalue weighted by Gasteiger charge is 2.08. The summed E-state index contributed by atoms with van der Waals surface area (Å²) in [5.74, 6) is 1.24. The molecule has 134 valence electrons. The predicted octanol–water partition coefficient (Wildman–Crippen LogP) is 3.87. The number of guanidine groups is 1. The predicted molar refractivity (Wildman–Crippen MR) is 98.4 cm³/mol. The Labute approximate surface area is 148 Å². The van der Waals surface area contributed by atoms with Crippen LogP contribution < -0.4 is 15.4 Å². The van der Waals surface area contributed by atoms with E-state index in [1.165, 1.54) is 12.1 Å². The summed E-state index contributed by atoms with van der Waals surface area (Å²) in [6, 6.07) is 10.1. The maximum Gasteiger partial charge on any atom is 0.224 e. The lowest BCUT2D eigenvalue weighted by Crippen LogP contribution is -2.41. The number of rotatable bonds is 7. The molecule has 5 nitrogen and oxygen atoms in total. The molecule has 25 heavy (non-hydrogen) atoms. The molecule has 1 heterocycles. The molecule has 6 heteroatoms. The van der Waals surface area contributed by atoms with Crippen molar-refractivity contribution >= 4 is 5.96 Å². The van der Waals surface area contributed by atoms with Crippen LogP contribution in [0.5, 0.6) is 11.6 Å². The molecule has 1 atom stereocenters. The maximum absolute atomic E-state index is 13.3. The molecule has 0 saturated heterocycles. The van der Waals surface area contributed by atoms with E-state index >= 15 is 0 Å². The smallest absolute Gasteiger partial charge is 0.224 e. The molecular weight excluding hydrogens is 319 g/mol. The summed E-state index contributed by atoms with van der Waals surface area (Å²) in [5, 5.41) is 6.57. The van der Waals surface area contributed by atoms with E-state index in [2.05, 4.69) is 34.5 Å². The van der Waals surface area contributed by atoms with Gasteiger partial charge in [-0.25, -0.2) is 14.4 Å². The number of ether oxygens (including phenoxy) is 1. The van der Waals surface area contributed by atoms with Gasteiger partial charge in [0.1, 0.15) is 11.6 Å². The van der Waals surface area contributed by atoms with Gasteiger partial charge in [-0.15, -0.1) is 0 Å². The summed E-state index contributed by atoms with van der Waals surface area (Å²) >= 11 is 0. The van der Waals surface area contributed by atoms with Crippen molar-refractivity contribution in [2.75, 3.05) is 6.54 Å². The van der Waals surface area contributed by atoms with Gasteiger partial charge in [-0.05, 0) is 38.5 Å². The van der Waals surface area contributed by atoms with Gasteiger partial charge in [0.05, 0.1) is 6.54 Å². The van der Waals surface area contributed by atoms with E-state index in [-0.39, 0.29) is 5.82 Å². The molecule has 1 aromatic carbocycles. The van der Waals surface area contributed by atoms with Gasteiger partial charge >= 0.3 is 0 Å². The Kier molecular flexibility index (Phi) is 7.19. The minimum absolute atomic E-state index is 0.328. The highest BCUT2D eigenvalue weighted by molar-refractivity contribution is 5.80. The summed E-state index contributed by atoms with van der Waals surface area (Å²) in [4.78, 5) is 8.84. The number of benzene rings is 1. The molecule has 0 aliphatic heterocycles. The van der Waals surface area contributed by atoms with Crippen molar-refractivity contribution < 1.29 is 9.13 Å². The Hall–Kier alpha value is -2.63. The van der Waals surface area contributed by atoms with E-state index < -0.39 is 0 Å². The van der Waals surface area contributed by atoms with Crippen LogP contribution in [0.2, 0.25) is 0 Å². The van der Waals surface area contributed by atoms with E-state index in [1.54, 1.807) is 18.3 Å². The third-order valence-corrected chi connectivity index (χ3v) is 3.61. The van der Waals surface area contributed by atoms with Crippen molar-refractivity contribution in [2.24, 2.45) is 4.99 Å². The molecule has 0 spiro atoms. The van der Waals surface area contributed by atoms with Crippen molar-refractivity contribution in [3.05, 3.63) is 54.0 Å². The lowest BCUT2D eigenvalue weighted by molar-refractivity contribution is 0.452. The lowest BCUT2D eigenvalue weighted by Gasteiger charge is -2.16. The molecule has 0 bridgehead atoms. The molecule has 0 radical (unpaired) electrons. The van der Waals surface area contributed by atoms with Gasteiger partial charge < -0.3 is 15.4 Å². The normalized spacial score (nSPS) is 12.6. The monoisotopic (exact) mass is 344 g/mol. The maximum atomic E-state index is 13.3. The van der Waals surface area contributed by atoms with Crippen LogP contribution in [0.4, 0.5) is 4.39 Å². The Bertz CT molecular complexity index is 705. The number of aliphatic imine (C=N–C) groups is 1. The third kappa shape index (κ3) is 6.06.